The lowest BCUT2D eigenvalue weighted by Gasteiger charge is -2.10. The molecule has 1 amide bonds. The van der Waals surface area contributed by atoms with Crippen LogP contribution in [0, 0.1) is 0 Å². The molecule has 0 bridgehead atoms. The van der Waals surface area contributed by atoms with Crippen LogP contribution in [0.2, 0.25) is 0 Å². The van der Waals surface area contributed by atoms with Gasteiger partial charge in [-0.25, -0.2) is 13.1 Å². The van der Waals surface area contributed by atoms with Crippen LogP contribution in [0.3, 0.4) is 0 Å². The lowest BCUT2D eigenvalue weighted by atomic mass is 10.2. The van der Waals surface area contributed by atoms with Crippen LogP contribution in [-0.2, 0) is 21.2 Å². The van der Waals surface area contributed by atoms with Crippen LogP contribution in [0.15, 0.2) is 21.5 Å². The van der Waals surface area contributed by atoms with Crippen LogP contribution < -0.4 is 15.4 Å². The topological polar surface area (TPSA) is 87.3 Å². The Bertz CT molecular complexity index is 631. The minimum Gasteiger partial charge on any atom is -0.325 e. The van der Waals surface area contributed by atoms with Crippen LogP contribution in [0.4, 0.5) is 5.69 Å². The van der Waals surface area contributed by atoms with Crippen LogP contribution in [-0.4, -0.2) is 34.5 Å². The summed E-state index contributed by atoms with van der Waals surface area (Å²) in [6.07, 6.45) is 0.920. The highest BCUT2D eigenvalue weighted by atomic mass is 79.9. The standard InChI is InChI=1S/C12H16BrN3O3S/c1-14-3-2-4-15-20(18,19)11-5-8-6-12(17)16-10(8)7-9(11)13/h5,7,14-15H,2-4,6H2,1H3,(H,16,17). The predicted octanol–water partition coefficient (Wildman–Crippen LogP) is 0.832. The molecule has 0 unspecified atom stereocenters. The number of carbonyl (C=O) groups excluding carboxylic acids is 1. The number of nitrogens with one attached hydrogen (secondary N) is 3. The summed E-state index contributed by atoms with van der Waals surface area (Å²) in [5, 5.41) is 5.64. The third kappa shape index (κ3) is 3.38. The van der Waals surface area contributed by atoms with E-state index in [9.17, 15) is 13.2 Å². The number of rotatable bonds is 6. The van der Waals surface area contributed by atoms with Gasteiger partial charge in [-0.05, 0) is 53.6 Å². The number of sulfonamides is 1. The second kappa shape index (κ2) is 6.21. The van der Waals surface area contributed by atoms with Gasteiger partial charge in [0.25, 0.3) is 0 Å². The zero-order valence-corrected chi connectivity index (χ0v) is 13.4. The van der Waals surface area contributed by atoms with E-state index in [2.05, 4.69) is 31.3 Å². The maximum Gasteiger partial charge on any atom is 0.241 e. The van der Waals surface area contributed by atoms with Crippen molar-refractivity contribution in [1.82, 2.24) is 10.0 Å². The molecule has 2 rings (SSSR count). The van der Waals surface area contributed by atoms with Crippen LogP contribution in [0.1, 0.15) is 12.0 Å². The summed E-state index contributed by atoms with van der Waals surface area (Å²) < 4.78 is 27.5. The van der Waals surface area contributed by atoms with Gasteiger partial charge in [0.05, 0.1) is 11.3 Å². The van der Waals surface area contributed by atoms with E-state index in [1.165, 1.54) is 6.07 Å². The molecule has 8 heteroatoms. The summed E-state index contributed by atoms with van der Waals surface area (Å²) in [5.41, 5.74) is 1.37. The van der Waals surface area contributed by atoms with Crippen molar-refractivity contribution < 1.29 is 13.2 Å². The van der Waals surface area contributed by atoms with Crippen molar-refractivity contribution in [3.8, 4) is 0 Å². The quantitative estimate of drug-likeness (QED) is 0.655. The minimum absolute atomic E-state index is 0.122. The first-order chi connectivity index (χ1) is 9.44. The second-order valence-electron chi connectivity index (χ2n) is 4.52. The van der Waals surface area contributed by atoms with Gasteiger partial charge in [0.15, 0.2) is 0 Å². The Morgan fingerprint density at radius 2 is 2.10 bits per heavy atom. The van der Waals surface area contributed by atoms with Gasteiger partial charge in [-0.1, -0.05) is 0 Å². The third-order valence-corrected chi connectivity index (χ3v) is 5.39. The molecule has 1 heterocycles. The Kier molecular flexibility index (Phi) is 4.79. The average Bonchev–Trinajstić information content (AvgIpc) is 2.73. The SMILES string of the molecule is CNCCCNS(=O)(=O)c1cc2c(cc1Br)NC(=O)C2. The molecule has 0 atom stereocenters. The van der Waals surface area contributed by atoms with E-state index in [4.69, 9.17) is 0 Å². The molecule has 1 aliphatic heterocycles. The first-order valence-electron chi connectivity index (χ1n) is 6.20. The van der Waals surface area contributed by atoms with Crippen molar-refractivity contribution in [1.29, 1.82) is 0 Å². The van der Waals surface area contributed by atoms with E-state index in [-0.39, 0.29) is 17.2 Å². The summed E-state index contributed by atoms with van der Waals surface area (Å²) in [6, 6.07) is 3.17. The molecule has 0 saturated heterocycles. The molecule has 0 fully saturated rings. The Balaban J connectivity index is 2.20. The number of fused-ring (bicyclic) bond motifs is 1. The molecular weight excluding hydrogens is 346 g/mol. The van der Waals surface area contributed by atoms with Crippen molar-refractivity contribution in [2.75, 3.05) is 25.5 Å². The summed E-state index contributed by atoms with van der Waals surface area (Å²) >= 11 is 3.25. The van der Waals surface area contributed by atoms with Crippen LogP contribution in [0.5, 0.6) is 0 Å². The third-order valence-electron chi connectivity index (χ3n) is 2.97. The van der Waals surface area contributed by atoms with Gasteiger partial charge < -0.3 is 10.6 Å². The molecule has 0 radical (unpaired) electrons. The predicted molar refractivity (Wildman–Crippen MR) is 80.2 cm³/mol. The molecule has 0 aromatic heterocycles. The Morgan fingerprint density at radius 3 is 2.80 bits per heavy atom. The molecule has 20 heavy (non-hydrogen) atoms. The van der Waals surface area contributed by atoms with Gasteiger partial charge in [-0.15, -0.1) is 0 Å². The second-order valence-corrected chi connectivity index (χ2v) is 7.11. The van der Waals surface area contributed by atoms with Gasteiger partial charge in [0.1, 0.15) is 0 Å². The maximum absolute atomic E-state index is 12.2. The van der Waals surface area contributed by atoms with E-state index in [0.717, 1.165) is 6.54 Å². The summed E-state index contributed by atoms with van der Waals surface area (Å²) in [6.45, 7) is 1.11. The van der Waals surface area contributed by atoms with Crippen LogP contribution in [0.25, 0.3) is 0 Å². The monoisotopic (exact) mass is 361 g/mol. The fraction of sp³-hybridized carbons (Fsp3) is 0.417. The zero-order chi connectivity index (χ0) is 14.8. The van der Waals surface area contributed by atoms with Gasteiger partial charge in [0.2, 0.25) is 15.9 Å². The van der Waals surface area contributed by atoms with Crippen molar-refractivity contribution in [3.63, 3.8) is 0 Å². The molecule has 3 N–H and O–H groups in total. The molecule has 6 nitrogen and oxygen atoms in total. The molecule has 1 aliphatic rings. The summed E-state index contributed by atoms with van der Waals surface area (Å²) in [5.74, 6) is -0.122. The van der Waals surface area contributed by atoms with Crippen molar-refractivity contribution in [2.24, 2.45) is 0 Å². The first kappa shape index (κ1) is 15.4. The van der Waals surface area contributed by atoms with E-state index in [0.29, 0.717) is 28.7 Å². The molecule has 0 aliphatic carbocycles. The van der Waals surface area contributed by atoms with Gasteiger partial charge in [0, 0.05) is 16.7 Å². The molecule has 110 valence electrons. The van der Waals surface area contributed by atoms with Crippen molar-refractivity contribution in [3.05, 3.63) is 22.2 Å². The number of anilines is 1. The lowest BCUT2D eigenvalue weighted by Crippen LogP contribution is -2.27. The lowest BCUT2D eigenvalue weighted by molar-refractivity contribution is -0.115. The number of amides is 1. The Hall–Kier alpha value is -0.960. The molecule has 0 saturated carbocycles. The van der Waals surface area contributed by atoms with E-state index >= 15 is 0 Å². The van der Waals surface area contributed by atoms with Gasteiger partial charge in [-0.2, -0.15) is 0 Å². The number of carbonyl (C=O) groups is 1. The Morgan fingerprint density at radius 1 is 1.35 bits per heavy atom. The highest BCUT2D eigenvalue weighted by Crippen LogP contribution is 2.32. The van der Waals surface area contributed by atoms with E-state index in [1.54, 1.807) is 6.07 Å². The zero-order valence-electron chi connectivity index (χ0n) is 11.0. The smallest absolute Gasteiger partial charge is 0.241 e. The minimum atomic E-state index is -3.57. The average molecular weight is 362 g/mol. The fourth-order valence-corrected chi connectivity index (χ4v) is 4.15. The highest BCUT2D eigenvalue weighted by molar-refractivity contribution is 9.10. The number of halogens is 1. The molecular formula is C12H16BrN3O3S. The molecule has 0 spiro atoms. The number of benzene rings is 1. The molecule has 1 aromatic rings. The summed E-state index contributed by atoms with van der Waals surface area (Å²) in [4.78, 5) is 11.5. The Labute approximate surface area is 126 Å². The number of hydrogen-bond donors (Lipinski definition) is 3. The largest absolute Gasteiger partial charge is 0.325 e. The maximum atomic E-state index is 12.2. The fourth-order valence-electron chi connectivity index (χ4n) is 1.98. The van der Waals surface area contributed by atoms with E-state index < -0.39 is 10.0 Å². The van der Waals surface area contributed by atoms with Crippen molar-refractivity contribution in [2.45, 2.75) is 17.7 Å². The summed E-state index contributed by atoms with van der Waals surface area (Å²) in [7, 11) is -1.76. The van der Waals surface area contributed by atoms with Gasteiger partial charge >= 0.3 is 0 Å². The van der Waals surface area contributed by atoms with Crippen LogP contribution >= 0.6 is 15.9 Å². The first-order valence-corrected chi connectivity index (χ1v) is 8.48. The van der Waals surface area contributed by atoms with E-state index in [1.807, 2.05) is 7.05 Å². The van der Waals surface area contributed by atoms with Gasteiger partial charge in [-0.3, -0.25) is 4.79 Å². The van der Waals surface area contributed by atoms with Crippen molar-refractivity contribution >= 4 is 37.5 Å². The normalized spacial score (nSPS) is 14.2. The number of hydrogen-bond acceptors (Lipinski definition) is 4. The highest BCUT2D eigenvalue weighted by Gasteiger charge is 2.24. The molecule has 1 aromatic carbocycles.